The monoisotopic (exact) mass is 129 g/mol. The Morgan fingerprint density at radius 1 is 2.00 bits per heavy atom. The van der Waals surface area contributed by atoms with Gasteiger partial charge in [-0.1, -0.05) is 0 Å². The van der Waals surface area contributed by atoms with E-state index in [2.05, 4.69) is 5.32 Å². The molecule has 0 saturated heterocycles. The lowest BCUT2D eigenvalue weighted by Crippen LogP contribution is -2.42. The number of nitrogens with one attached hydrogen (secondary N) is 1. The normalized spacial score (nSPS) is 25.9. The summed E-state index contributed by atoms with van der Waals surface area (Å²) in [4.78, 5) is 1.78. The summed E-state index contributed by atoms with van der Waals surface area (Å²) in [6, 6.07) is 0. The average Bonchev–Trinajstić information content (AvgIpc) is 2.15. The average molecular weight is 129 g/mol. The quantitative estimate of drug-likeness (QED) is 0.407. The van der Waals surface area contributed by atoms with E-state index in [1.807, 2.05) is 7.05 Å². The van der Waals surface area contributed by atoms with Crippen LogP contribution in [0.25, 0.3) is 0 Å². The zero-order valence-electron chi connectivity index (χ0n) is 5.33. The van der Waals surface area contributed by atoms with Gasteiger partial charge in [-0.15, -0.1) is 0 Å². The highest BCUT2D eigenvalue weighted by Gasteiger charge is 2.15. The molecule has 0 saturated carbocycles. The first-order chi connectivity index (χ1) is 4.25. The first kappa shape index (κ1) is 6.38. The zero-order chi connectivity index (χ0) is 6.85. The molecule has 4 heteroatoms. The number of nitrogens with zero attached hydrogens (tertiary/aromatic N) is 1. The Kier molecular flexibility index (Phi) is 1.59. The molecule has 1 aliphatic rings. The molecule has 0 aromatic carbocycles. The van der Waals surface area contributed by atoms with E-state index in [4.69, 9.17) is 10.8 Å². The predicted octanol–water partition coefficient (Wildman–Crippen LogP) is -1.40. The first-order valence-electron chi connectivity index (χ1n) is 2.80. The van der Waals surface area contributed by atoms with E-state index in [-0.39, 0.29) is 12.9 Å². The molecular weight excluding hydrogens is 118 g/mol. The van der Waals surface area contributed by atoms with Gasteiger partial charge in [-0.25, -0.2) is 0 Å². The second-order valence-electron chi connectivity index (χ2n) is 2.02. The van der Waals surface area contributed by atoms with Crippen LogP contribution in [0.2, 0.25) is 0 Å². The van der Waals surface area contributed by atoms with Gasteiger partial charge in [0, 0.05) is 13.2 Å². The van der Waals surface area contributed by atoms with Crippen molar-refractivity contribution in [2.45, 2.75) is 6.29 Å². The SMILES string of the molecule is CN1C(CO)=CNC1N. The van der Waals surface area contributed by atoms with Crippen molar-refractivity contribution in [3.63, 3.8) is 0 Å². The first-order valence-corrected chi connectivity index (χ1v) is 2.80. The van der Waals surface area contributed by atoms with Crippen LogP contribution < -0.4 is 11.1 Å². The van der Waals surface area contributed by atoms with Crippen molar-refractivity contribution in [2.75, 3.05) is 13.7 Å². The molecule has 4 N–H and O–H groups in total. The van der Waals surface area contributed by atoms with Crippen LogP contribution in [0.15, 0.2) is 11.9 Å². The van der Waals surface area contributed by atoms with Gasteiger partial charge in [0.05, 0.1) is 12.3 Å². The summed E-state index contributed by atoms with van der Waals surface area (Å²) >= 11 is 0. The Balaban J connectivity index is 2.55. The maximum atomic E-state index is 8.65. The van der Waals surface area contributed by atoms with Gasteiger partial charge in [0.25, 0.3) is 0 Å². The Morgan fingerprint density at radius 2 is 2.67 bits per heavy atom. The highest BCUT2D eigenvalue weighted by atomic mass is 16.3. The minimum Gasteiger partial charge on any atom is -0.390 e. The molecule has 1 unspecified atom stereocenters. The van der Waals surface area contributed by atoms with Gasteiger partial charge in [-0.05, 0) is 0 Å². The summed E-state index contributed by atoms with van der Waals surface area (Å²) in [5.74, 6) is 0. The Labute approximate surface area is 53.9 Å². The van der Waals surface area contributed by atoms with E-state index >= 15 is 0 Å². The number of aliphatic hydroxyl groups is 1. The van der Waals surface area contributed by atoms with Crippen LogP contribution in [0.3, 0.4) is 0 Å². The summed E-state index contributed by atoms with van der Waals surface area (Å²) in [6.45, 7) is 0.0389. The predicted molar refractivity (Wildman–Crippen MR) is 34.0 cm³/mol. The number of likely N-dealkylation sites (N-methyl/N-ethyl adjacent to an activating group) is 1. The van der Waals surface area contributed by atoms with E-state index in [1.54, 1.807) is 11.1 Å². The molecule has 0 fully saturated rings. The smallest absolute Gasteiger partial charge is 0.152 e. The summed E-state index contributed by atoms with van der Waals surface area (Å²) in [7, 11) is 1.83. The van der Waals surface area contributed by atoms with Crippen LogP contribution in [0.4, 0.5) is 0 Å². The van der Waals surface area contributed by atoms with Gasteiger partial charge in [-0.2, -0.15) is 0 Å². The van der Waals surface area contributed by atoms with E-state index in [0.29, 0.717) is 0 Å². The molecule has 9 heavy (non-hydrogen) atoms. The largest absolute Gasteiger partial charge is 0.390 e. The maximum Gasteiger partial charge on any atom is 0.152 e. The fourth-order valence-corrected chi connectivity index (χ4v) is 0.731. The van der Waals surface area contributed by atoms with Crippen molar-refractivity contribution in [1.29, 1.82) is 0 Å². The zero-order valence-corrected chi connectivity index (χ0v) is 5.33. The molecule has 0 bridgehead atoms. The molecule has 0 aromatic rings. The van der Waals surface area contributed by atoms with Crippen LogP contribution in [-0.2, 0) is 0 Å². The number of hydrogen-bond donors (Lipinski definition) is 3. The number of nitrogens with two attached hydrogens (primary N) is 1. The Hall–Kier alpha value is -0.740. The van der Waals surface area contributed by atoms with E-state index in [1.165, 1.54) is 0 Å². The van der Waals surface area contributed by atoms with Crippen LogP contribution in [0, 0.1) is 0 Å². The highest BCUT2D eigenvalue weighted by Crippen LogP contribution is 2.05. The van der Waals surface area contributed by atoms with Crippen molar-refractivity contribution in [1.82, 2.24) is 10.2 Å². The van der Waals surface area contributed by atoms with Gasteiger partial charge in [0.2, 0.25) is 0 Å². The molecular formula is C5H11N3O. The van der Waals surface area contributed by atoms with Crippen LogP contribution in [0.5, 0.6) is 0 Å². The standard InChI is InChI=1S/C5H11N3O/c1-8-4(3-9)2-7-5(8)6/h2,5,7,9H,3,6H2,1H3. The molecule has 0 spiro atoms. The van der Waals surface area contributed by atoms with E-state index in [9.17, 15) is 0 Å². The van der Waals surface area contributed by atoms with Gasteiger partial charge < -0.3 is 15.3 Å². The number of aliphatic hydroxyl groups excluding tert-OH is 1. The molecule has 52 valence electrons. The van der Waals surface area contributed by atoms with Crippen molar-refractivity contribution in [3.05, 3.63) is 11.9 Å². The van der Waals surface area contributed by atoms with E-state index < -0.39 is 0 Å². The minimum atomic E-state index is -0.174. The molecule has 0 aromatic heterocycles. The molecule has 1 rings (SSSR count). The lowest BCUT2D eigenvalue weighted by Gasteiger charge is -2.19. The fraction of sp³-hybridized carbons (Fsp3) is 0.600. The number of rotatable bonds is 1. The molecule has 1 aliphatic heterocycles. The molecule has 0 radical (unpaired) electrons. The van der Waals surface area contributed by atoms with Gasteiger partial charge in [-0.3, -0.25) is 5.73 Å². The van der Waals surface area contributed by atoms with Crippen LogP contribution >= 0.6 is 0 Å². The third kappa shape index (κ3) is 0.988. The second kappa shape index (κ2) is 2.24. The Morgan fingerprint density at radius 3 is 2.89 bits per heavy atom. The third-order valence-corrected chi connectivity index (χ3v) is 1.45. The molecule has 1 atom stereocenters. The molecule has 4 nitrogen and oxygen atoms in total. The second-order valence-corrected chi connectivity index (χ2v) is 2.02. The summed E-state index contributed by atoms with van der Waals surface area (Å²) in [6.07, 6.45) is 1.54. The lowest BCUT2D eigenvalue weighted by molar-refractivity contribution is 0.249. The molecule has 0 aliphatic carbocycles. The van der Waals surface area contributed by atoms with Gasteiger partial charge >= 0.3 is 0 Å². The van der Waals surface area contributed by atoms with Crippen molar-refractivity contribution in [3.8, 4) is 0 Å². The van der Waals surface area contributed by atoms with Crippen molar-refractivity contribution in [2.24, 2.45) is 5.73 Å². The summed E-state index contributed by atoms with van der Waals surface area (Å²) in [5.41, 5.74) is 6.32. The molecule has 1 heterocycles. The summed E-state index contributed by atoms with van der Waals surface area (Å²) in [5, 5.41) is 11.5. The van der Waals surface area contributed by atoms with E-state index in [0.717, 1.165) is 5.70 Å². The van der Waals surface area contributed by atoms with Crippen molar-refractivity contribution < 1.29 is 5.11 Å². The third-order valence-electron chi connectivity index (χ3n) is 1.45. The lowest BCUT2D eigenvalue weighted by atomic mass is 10.5. The topological polar surface area (TPSA) is 61.5 Å². The number of hydrogen-bond acceptors (Lipinski definition) is 4. The fourth-order valence-electron chi connectivity index (χ4n) is 0.731. The van der Waals surface area contributed by atoms with Gasteiger partial charge in [0.15, 0.2) is 6.29 Å². The van der Waals surface area contributed by atoms with Gasteiger partial charge in [0.1, 0.15) is 0 Å². The van der Waals surface area contributed by atoms with Crippen LogP contribution in [0.1, 0.15) is 0 Å². The maximum absolute atomic E-state index is 8.65. The van der Waals surface area contributed by atoms with Crippen LogP contribution in [-0.4, -0.2) is 30.0 Å². The molecule has 0 amide bonds. The Bertz CT molecular complexity index is 134. The minimum absolute atomic E-state index is 0.0389. The highest BCUT2D eigenvalue weighted by molar-refractivity contribution is 5.06. The van der Waals surface area contributed by atoms with Crippen molar-refractivity contribution >= 4 is 0 Å². The summed E-state index contributed by atoms with van der Waals surface area (Å²) < 4.78 is 0.